The van der Waals surface area contributed by atoms with Crippen LogP contribution in [0.2, 0.25) is 0 Å². The van der Waals surface area contributed by atoms with Crippen LogP contribution >= 0.6 is 11.8 Å². The zero-order valence-electron chi connectivity index (χ0n) is 9.45. The van der Waals surface area contributed by atoms with Crippen molar-refractivity contribution >= 4 is 11.8 Å². The highest BCUT2D eigenvalue weighted by molar-refractivity contribution is 7.99. The van der Waals surface area contributed by atoms with Crippen LogP contribution in [0.25, 0.3) is 0 Å². The smallest absolute Gasteiger partial charge is 0.136 e. The average Bonchev–Trinajstić information content (AvgIpc) is 2.18. The van der Waals surface area contributed by atoms with Crippen LogP contribution in [0, 0.1) is 5.82 Å². The lowest BCUT2D eigenvalue weighted by molar-refractivity contribution is 0.190. The Labute approximate surface area is 100 Å². The number of halogens is 1. The number of hydrogen-bond donors (Lipinski definition) is 1. The van der Waals surface area contributed by atoms with Crippen LogP contribution < -0.4 is 5.32 Å². The normalized spacial score (nSPS) is 16.4. The Morgan fingerprint density at radius 3 is 2.81 bits per heavy atom. The molecule has 0 amide bonds. The highest BCUT2D eigenvalue weighted by atomic mass is 32.2. The summed E-state index contributed by atoms with van der Waals surface area (Å²) >= 11 is 1.59. The number of thioether (sulfide) groups is 1. The largest absolute Gasteiger partial charge is 0.314 e. The lowest BCUT2D eigenvalue weighted by Crippen LogP contribution is -2.56. The van der Waals surface area contributed by atoms with Gasteiger partial charge in [0.05, 0.1) is 0 Å². The average molecular weight is 240 g/mol. The van der Waals surface area contributed by atoms with Gasteiger partial charge in [0.15, 0.2) is 0 Å². The lowest BCUT2D eigenvalue weighted by atomic mass is 10.1. The molecule has 1 aromatic rings. The summed E-state index contributed by atoms with van der Waals surface area (Å²) in [5.41, 5.74) is 0. The van der Waals surface area contributed by atoms with Crippen molar-refractivity contribution in [3.8, 4) is 0 Å². The predicted octanol–water partition coefficient (Wildman–Crippen LogP) is 1.82. The van der Waals surface area contributed by atoms with Crippen LogP contribution in [0.4, 0.5) is 4.39 Å². The Hall–Kier alpha value is -0.580. The minimum absolute atomic E-state index is 0.111. The van der Waals surface area contributed by atoms with E-state index in [1.165, 1.54) is 6.07 Å². The Bertz CT molecular complexity index is 342. The molecule has 1 aliphatic rings. The molecule has 1 aliphatic heterocycles. The molecule has 4 heteroatoms. The van der Waals surface area contributed by atoms with Crippen molar-refractivity contribution in [2.45, 2.75) is 10.9 Å². The first-order valence-corrected chi connectivity index (χ1v) is 6.54. The molecular weight excluding hydrogens is 223 g/mol. The number of hydrogen-bond acceptors (Lipinski definition) is 3. The molecule has 1 aromatic carbocycles. The Balaban J connectivity index is 1.73. The van der Waals surface area contributed by atoms with Gasteiger partial charge in [0.1, 0.15) is 5.82 Å². The first-order chi connectivity index (χ1) is 7.77. The monoisotopic (exact) mass is 240 g/mol. The maximum atomic E-state index is 13.3. The first-order valence-electron chi connectivity index (χ1n) is 5.55. The molecule has 16 heavy (non-hydrogen) atoms. The maximum Gasteiger partial charge on any atom is 0.136 e. The van der Waals surface area contributed by atoms with E-state index in [0.717, 1.165) is 30.3 Å². The van der Waals surface area contributed by atoms with Crippen molar-refractivity contribution in [3.63, 3.8) is 0 Å². The molecule has 1 N–H and O–H groups in total. The van der Waals surface area contributed by atoms with Gasteiger partial charge in [0, 0.05) is 36.3 Å². The van der Waals surface area contributed by atoms with Crippen LogP contribution in [0.5, 0.6) is 0 Å². The van der Waals surface area contributed by atoms with Gasteiger partial charge in [-0.1, -0.05) is 12.1 Å². The second kappa shape index (κ2) is 5.66. The molecule has 0 aliphatic carbocycles. The molecule has 0 radical (unpaired) electrons. The Morgan fingerprint density at radius 1 is 1.44 bits per heavy atom. The molecule has 0 atom stereocenters. The third kappa shape index (κ3) is 2.97. The van der Waals surface area contributed by atoms with E-state index in [1.807, 2.05) is 12.1 Å². The summed E-state index contributed by atoms with van der Waals surface area (Å²) in [5.74, 6) is 0.828. The van der Waals surface area contributed by atoms with Gasteiger partial charge in [-0.15, -0.1) is 11.8 Å². The highest BCUT2D eigenvalue weighted by Crippen LogP contribution is 2.21. The quantitative estimate of drug-likeness (QED) is 0.790. The van der Waals surface area contributed by atoms with E-state index in [9.17, 15) is 4.39 Å². The standard InChI is InChI=1S/C12H17FN2S/c1-15(10-8-14-9-10)6-7-16-12-5-3-2-4-11(12)13/h2-5,10,14H,6-9H2,1H3. The van der Waals surface area contributed by atoms with E-state index < -0.39 is 0 Å². The van der Waals surface area contributed by atoms with Crippen molar-refractivity contribution < 1.29 is 4.39 Å². The Morgan fingerprint density at radius 2 is 2.19 bits per heavy atom. The Kier molecular flexibility index (Phi) is 4.21. The van der Waals surface area contributed by atoms with E-state index in [1.54, 1.807) is 17.8 Å². The molecule has 0 spiro atoms. The number of nitrogens with one attached hydrogen (secondary N) is 1. The number of likely N-dealkylation sites (N-methyl/N-ethyl adjacent to an activating group) is 1. The van der Waals surface area contributed by atoms with Gasteiger partial charge in [0.2, 0.25) is 0 Å². The summed E-state index contributed by atoms with van der Waals surface area (Å²) in [6.45, 7) is 3.17. The molecule has 0 unspecified atom stereocenters. The molecule has 0 saturated carbocycles. The minimum atomic E-state index is -0.111. The molecule has 1 saturated heterocycles. The summed E-state index contributed by atoms with van der Waals surface area (Å²) < 4.78 is 13.3. The molecule has 0 aromatic heterocycles. The zero-order valence-corrected chi connectivity index (χ0v) is 10.3. The van der Waals surface area contributed by atoms with Gasteiger partial charge in [0.25, 0.3) is 0 Å². The van der Waals surface area contributed by atoms with E-state index in [-0.39, 0.29) is 5.82 Å². The summed E-state index contributed by atoms with van der Waals surface area (Å²) in [4.78, 5) is 3.09. The second-order valence-electron chi connectivity index (χ2n) is 4.07. The molecule has 1 fully saturated rings. The topological polar surface area (TPSA) is 15.3 Å². The fraction of sp³-hybridized carbons (Fsp3) is 0.500. The number of benzene rings is 1. The summed E-state index contributed by atoms with van der Waals surface area (Å²) in [7, 11) is 2.13. The number of rotatable bonds is 5. The zero-order chi connectivity index (χ0) is 11.4. The molecule has 1 heterocycles. The van der Waals surface area contributed by atoms with Crippen LogP contribution in [0.1, 0.15) is 0 Å². The van der Waals surface area contributed by atoms with Crippen LogP contribution in [-0.2, 0) is 0 Å². The van der Waals surface area contributed by atoms with Crippen LogP contribution in [0.3, 0.4) is 0 Å². The third-order valence-corrected chi connectivity index (χ3v) is 3.95. The van der Waals surface area contributed by atoms with Crippen molar-refractivity contribution in [1.29, 1.82) is 0 Å². The molecular formula is C12H17FN2S. The minimum Gasteiger partial charge on any atom is -0.314 e. The first kappa shape index (κ1) is 11.9. The van der Waals surface area contributed by atoms with Crippen molar-refractivity contribution in [3.05, 3.63) is 30.1 Å². The number of nitrogens with zero attached hydrogens (tertiary/aromatic N) is 1. The summed E-state index contributed by atoms with van der Waals surface area (Å²) in [6, 6.07) is 7.63. The van der Waals surface area contributed by atoms with Crippen LogP contribution in [-0.4, -0.2) is 43.4 Å². The fourth-order valence-electron chi connectivity index (χ4n) is 1.63. The van der Waals surface area contributed by atoms with Crippen molar-refractivity contribution in [2.24, 2.45) is 0 Å². The van der Waals surface area contributed by atoms with E-state index in [0.29, 0.717) is 6.04 Å². The summed E-state index contributed by atoms with van der Waals surface area (Å²) in [6.07, 6.45) is 0. The van der Waals surface area contributed by atoms with Gasteiger partial charge in [-0.3, -0.25) is 0 Å². The van der Waals surface area contributed by atoms with Gasteiger partial charge in [-0.05, 0) is 19.2 Å². The van der Waals surface area contributed by atoms with Gasteiger partial charge in [-0.2, -0.15) is 0 Å². The predicted molar refractivity (Wildman–Crippen MR) is 66.4 cm³/mol. The van der Waals surface area contributed by atoms with Crippen LogP contribution in [0.15, 0.2) is 29.2 Å². The van der Waals surface area contributed by atoms with E-state index >= 15 is 0 Å². The van der Waals surface area contributed by atoms with E-state index in [2.05, 4.69) is 17.3 Å². The molecule has 88 valence electrons. The van der Waals surface area contributed by atoms with Gasteiger partial charge >= 0.3 is 0 Å². The highest BCUT2D eigenvalue weighted by Gasteiger charge is 2.20. The van der Waals surface area contributed by atoms with Gasteiger partial charge < -0.3 is 10.2 Å². The SMILES string of the molecule is CN(CCSc1ccccc1F)C1CNC1. The van der Waals surface area contributed by atoms with Crippen molar-refractivity contribution in [1.82, 2.24) is 10.2 Å². The molecule has 2 rings (SSSR count). The second-order valence-corrected chi connectivity index (χ2v) is 5.21. The molecule has 0 bridgehead atoms. The lowest BCUT2D eigenvalue weighted by Gasteiger charge is -2.35. The third-order valence-electron chi connectivity index (χ3n) is 2.92. The summed E-state index contributed by atoms with van der Waals surface area (Å²) in [5, 5.41) is 3.25. The van der Waals surface area contributed by atoms with Crippen molar-refractivity contribution in [2.75, 3.05) is 32.4 Å². The molecule has 2 nitrogen and oxygen atoms in total. The van der Waals surface area contributed by atoms with Gasteiger partial charge in [-0.25, -0.2) is 4.39 Å². The maximum absolute atomic E-state index is 13.3. The fourth-order valence-corrected chi connectivity index (χ4v) is 2.61. The van der Waals surface area contributed by atoms with E-state index in [4.69, 9.17) is 0 Å².